The summed E-state index contributed by atoms with van der Waals surface area (Å²) in [7, 11) is 3.25. The van der Waals surface area contributed by atoms with Crippen LogP contribution in [0.1, 0.15) is 17.3 Å². The molecule has 0 fully saturated rings. The molecule has 0 heterocycles. The van der Waals surface area contributed by atoms with E-state index in [2.05, 4.69) is 0 Å². The Hall–Kier alpha value is -1.62. The van der Waals surface area contributed by atoms with Gasteiger partial charge in [0.05, 0.1) is 18.3 Å². The van der Waals surface area contributed by atoms with Crippen LogP contribution in [0.25, 0.3) is 0 Å². The maximum Gasteiger partial charge on any atom is 0.253 e. The number of carbonyl (C=O) groups excluding carboxylic acids is 1. The zero-order chi connectivity index (χ0) is 13.0. The first-order chi connectivity index (χ1) is 7.97. The van der Waals surface area contributed by atoms with Crippen LogP contribution in [0.2, 0.25) is 0 Å². The van der Waals surface area contributed by atoms with E-state index in [9.17, 15) is 9.18 Å². The van der Waals surface area contributed by atoms with Gasteiger partial charge >= 0.3 is 0 Å². The summed E-state index contributed by atoms with van der Waals surface area (Å²) in [6.45, 7) is 2.31. The fourth-order valence-corrected chi connectivity index (χ4v) is 1.43. The average molecular weight is 240 g/mol. The average Bonchev–Trinajstić information content (AvgIpc) is 2.31. The Kier molecular flexibility index (Phi) is 4.45. The number of carbonyl (C=O) groups is 1. The molecule has 1 rings (SSSR count). The highest BCUT2D eigenvalue weighted by molar-refractivity contribution is 5.95. The minimum Gasteiger partial charge on any atom is -0.396 e. The standard InChI is InChI=1S/C12H17FN2O2/c1-8(7-17-3)15(2)12(16)9-4-5-10(13)11(14)6-9/h4-6,8H,7,14H2,1-3H3. The number of nitrogens with two attached hydrogens (primary N) is 1. The fourth-order valence-electron chi connectivity index (χ4n) is 1.43. The van der Waals surface area contributed by atoms with Crippen molar-refractivity contribution in [1.82, 2.24) is 4.90 Å². The third-order valence-electron chi connectivity index (χ3n) is 2.63. The van der Waals surface area contributed by atoms with Gasteiger partial charge < -0.3 is 15.4 Å². The van der Waals surface area contributed by atoms with Gasteiger partial charge in [0.15, 0.2) is 0 Å². The van der Waals surface area contributed by atoms with Crippen LogP contribution in [0.3, 0.4) is 0 Å². The van der Waals surface area contributed by atoms with E-state index in [0.717, 1.165) is 0 Å². The second-order valence-electron chi connectivity index (χ2n) is 3.96. The molecule has 0 radical (unpaired) electrons. The third kappa shape index (κ3) is 3.17. The molecule has 0 bridgehead atoms. The number of amides is 1. The lowest BCUT2D eigenvalue weighted by molar-refractivity contribution is 0.0633. The highest BCUT2D eigenvalue weighted by Crippen LogP contribution is 2.14. The lowest BCUT2D eigenvalue weighted by Gasteiger charge is -2.24. The molecule has 1 atom stereocenters. The molecule has 0 spiro atoms. The van der Waals surface area contributed by atoms with Crippen molar-refractivity contribution < 1.29 is 13.9 Å². The fraction of sp³-hybridized carbons (Fsp3) is 0.417. The molecule has 1 aromatic carbocycles. The van der Waals surface area contributed by atoms with Crippen LogP contribution in [-0.2, 0) is 4.74 Å². The summed E-state index contributed by atoms with van der Waals surface area (Å²) in [5.41, 5.74) is 5.77. The first-order valence-electron chi connectivity index (χ1n) is 5.28. The normalized spacial score (nSPS) is 12.2. The summed E-state index contributed by atoms with van der Waals surface area (Å²) >= 11 is 0. The van der Waals surface area contributed by atoms with Crippen LogP contribution in [0, 0.1) is 5.82 Å². The number of rotatable bonds is 4. The summed E-state index contributed by atoms with van der Waals surface area (Å²) in [6, 6.07) is 3.90. The highest BCUT2D eigenvalue weighted by Gasteiger charge is 2.17. The predicted molar refractivity (Wildman–Crippen MR) is 64.2 cm³/mol. The van der Waals surface area contributed by atoms with Crippen LogP contribution in [-0.4, -0.2) is 37.6 Å². The molecule has 4 nitrogen and oxygen atoms in total. The molecule has 0 aliphatic carbocycles. The number of nitrogen functional groups attached to an aromatic ring is 1. The van der Waals surface area contributed by atoms with Crippen molar-refractivity contribution in [2.24, 2.45) is 0 Å². The first kappa shape index (κ1) is 13.4. The molecular formula is C12H17FN2O2. The lowest BCUT2D eigenvalue weighted by Crippen LogP contribution is -2.37. The van der Waals surface area contributed by atoms with E-state index in [0.29, 0.717) is 12.2 Å². The van der Waals surface area contributed by atoms with Crippen molar-refractivity contribution in [3.8, 4) is 0 Å². The van der Waals surface area contributed by atoms with Crippen LogP contribution in [0.4, 0.5) is 10.1 Å². The number of likely N-dealkylation sites (N-methyl/N-ethyl adjacent to an activating group) is 1. The van der Waals surface area contributed by atoms with E-state index in [1.807, 2.05) is 6.92 Å². The maximum absolute atomic E-state index is 13.0. The monoisotopic (exact) mass is 240 g/mol. The summed E-state index contributed by atoms with van der Waals surface area (Å²) in [6.07, 6.45) is 0. The molecule has 1 unspecified atom stereocenters. The number of hydrogen-bond acceptors (Lipinski definition) is 3. The molecule has 0 aromatic heterocycles. The predicted octanol–water partition coefficient (Wildman–Crippen LogP) is 1.51. The molecule has 94 valence electrons. The Morgan fingerprint density at radius 2 is 2.24 bits per heavy atom. The van der Waals surface area contributed by atoms with Gasteiger partial charge in [0.1, 0.15) is 5.82 Å². The Morgan fingerprint density at radius 1 is 1.59 bits per heavy atom. The van der Waals surface area contributed by atoms with Gasteiger partial charge in [-0.3, -0.25) is 4.79 Å². The Balaban J connectivity index is 2.85. The summed E-state index contributed by atoms with van der Waals surface area (Å²) in [4.78, 5) is 13.6. The van der Waals surface area contributed by atoms with Gasteiger partial charge in [-0.25, -0.2) is 4.39 Å². The van der Waals surface area contributed by atoms with Gasteiger partial charge in [-0.05, 0) is 25.1 Å². The van der Waals surface area contributed by atoms with Gasteiger partial charge in [0, 0.05) is 19.7 Å². The van der Waals surface area contributed by atoms with Gasteiger partial charge in [-0.1, -0.05) is 0 Å². The number of nitrogens with zero attached hydrogens (tertiary/aromatic N) is 1. The van der Waals surface area contributed by atoms with Crippen molar-refractivity contribution >= 4 is 11.6 Å². The zero-order valence-electron chi connectivity index (χ0n) is 10.2. The van der Waals surface area contributed by atoms with Crippen molar-refractivity contribution in [3.63, 3.8) is 0 Å². The summed E-state index contributed by atoms with van der Waals surface area (Å²) in [5, 5.41) is 0. The molecule has 1 amide bonds. The molecule has 5 heteroatoms. The van der Waals surface area contributed by atoms with E-state index in [4.69, 9.17) is 10.5 Å². The van der Waals surface area contributed by atoms with Gasteiger partial charge in [0.25, 0.3) is 5.91 Å². The minimum atomic E-state index is -0.519. The quantitative estimate of drug-likeness (QED) is 0.812. The second kappa shape index (κ2) is 5.63. The molecule has 1 aromatic rings. The largest absolute Gasteiger partial charge is 0.396 e. The van der Waals surface area contributed by atoms with E-state index in [1.165, 1.54) is 23.1 Å². The van der Waals surface area contributed by atoms with Gasteiger partial charge in [-0.15, -0.1) is 0 Å². The zero-order valence-corrected chi connectivity index (χ0v) is 10.2. The maximum atomic E-state index is 13.0. The van der Waals surface area contributed by atoms with Crippen LogP contribution >= 0.6 is 0 Å². The number of benzene rings is 1. The van der Waals surface area contributed by atoms with Crippen molar-refractivity contribution in [3.05, 3.63) is 29.6 Å². The SMILES string of the molecule is COCC(C)N(C)C(=O)c1ccc(F)c(N)c1. The molecule has 0 aliphatic heterocycles. The third-order valence-corrected chi connectivity index (χ3v) is 2.63. The Bertz CT molecular complexity index is 409. The molecule has 0 saturated carbocycles. The topological polar surface area (TPSA) is 55.6 Å². The van der Waals surface area contributed by atoms with Crippen molar-refractivity contribution in [2.45, 2.75) is 13.0 Å². The Morgan fingerprint density at radius 3 is 2.76 bits per heavy atom. The van der Waals surface area contributed by atoms with E-state index in [1.54, 1.807) is 14.2 Å². The lowest BCUT2D eigenvalue weighted by atomic mass is 10.1. The number of anilines is 1. The molecule has 0 aliphatic rings. The van der Waals surface area contributed by atoms with Crippen LogP contribution in [0.15, 0.2) is 18.2 Å². The number of ether oxygens (including phenoxy) is 1. The number of methoxy groups -OCH3 is 1. The van der Waals surface area contributed by atoms with E-state index >= 15 is 0 Å². The van der Waals surface area contributed by atoms with E-state index in [-0.39, 0.29) is 17.6 Å². The molecule has 17 heavy (non-hydrogen) atoms. The first-order valence-corrected chi connectivity index (χ1v) is 5.28. The smallest absolute Gasteiger partial charge is 0.253 e. The van der Waals surface area contributed by atoms with E-state index < -0.39 is 5.82 Å². The summed E-state index contributed by atoms with van der Waals surface area (Å²) < 4.78 is 17.9. The van der Waals surface area contributed by atoms with Crippen molar-refractivity contribution in [2.75, 3.05) is 26.5 Å². The Labute approximate surface area is 100 Å². The second-order valence-corrected chi connectivity index (χ2v) is 3.96. The van der Waals surface area contributed by atoms with Gasteiger partial charge in [-0.2, -0.15) is 0 Å². The highest BCUT2D eigenvalue weighted by atomic mass is 19.1. The number of hydrogen-bond donors (Lipinski definition) is 1. The van der Waals surface area contributed by atoms with Crippen molar-refractivity contribution in [1.29, 1.82) is 0 Å². The van der Waals surface area contributed by atoms with Gasteiger partial charge in [0.2, 0.25) is 0 Å². The molecule has 2 N–H and O–H groups in total. The van der Waals surface area contributed by atoms with Crippen LogP contribution in [0.5, 0.6) is 0 Å². The summed E-state index contributed by atoms with van der Waals surface area (Å²) in [5.74, 6) is -0.726. The number of halogens is 1. The molecule has 0 saturated heterocycles. The molecular weight excluding hydrogens is 223 g/mol. The van der Waals surface area contributed by atoms with Crippen LogP contribution < -0.4 is 5.73 Å². The minimum absolute atomic E-state index is 0.0244.